The number of aliphatic hydroxyl groups is 1. The number of hydrogen-bond acceptors (Lipinski definition) is 6. The summed E-state index contributed by atoms with van der Waals surface area (Å²) in [7, 11) is 0. The highest BCUT2D eigenvalue weighted by Crippen LogP contribution is 2.13. The first-order valence-corrected chi connectivity index (χ1v) is 8.12. The molecule has 8 heteroatoms. The van der Waals surface area contributed by atoms with Gasteiger partial charge >= 0.3 is 18.0 Å². The van der Waals surface area contributed by atoms with E-state index in [-0.39, 0.29) is 26.2 Å². The number of esters is 1. The van der Waals surface area contributed by atoms with Crippen LogP contribution in [-0.2, 0) is 25.7 Å². The minimum atomic E-state index is -1.02. The third kappa shape index (κ3) is 5.46. The number of ether oxygens (including phenoxy) is 2. The fourth-order valence-electron chi connectivity index (χ4n) is 2.48. The molecule has 1 fully saturated rings. The molecule has 1 aliphatic rings. The van der Waals surface area contributed by atoms with Gasteiger partial charge < -0.3 is 24.8 Å². The molecule has 2 atom stereocenters. The summed E-state index contributed by atoms with van der Waals surface area (Å²) in [5, 5.41) is 12.4. The van der Waals surface area contributed by atoms with E-state index in [1.54, 1.807) is 6.92 Å². The Kier molecular flexibility index (Phi) is 6.76. The summed E-state index contributed by atoms with van der Waals surface area (Å²) < 4.78 is 9.85. The largest absolute Gasteiger partial charge is 0.459 e. The smallest absolute Gasteiger partial charge is 0.410 e. The normalized spacial score (nSPS) is 19.8. The average molecular weight is 350 g/mol. The molecule has 25 heavy (non-hydrogen) atoms. The number of piperidine rings is 1. The predicted octanol–water partition coefficient (Wildman–Crippen LogP) is 0.438. The highest BCUT2D eigenvalue weighted by atomic mass is 16.6. The molecule has 0 bridgehead atoms. The van der Waals surface area contributed by atoms with Gasteiger partial charge in [0.2, 0.25) is 0 Å². The fourth-order valence-corrected chi connectivity index (χ4v) is 2.48. The van der Waals surface area contributed by atoms with Gasteiger partial charge in [0.25, 0.3) is 0 Å². The Labute approximate surface area is 145 Å². The Balaban J connectivity index is 1.86. The molecule has 1 aromatic carbocycles. The SMILES string of the molecule is CCOC(=O)C(=O)NC1CN(C(=O)OCc2ccccc2)CCC1O. The summed E-state index contributed by atoms with van der Waals surface area (Å²) in [5.74, 6) is -1.95. The van der Waals surface area contributed by atoms with Gasteiger partial charge in [-0.3, -0.25) is 4.79 Å². The lowest BCUT2D eigenvalue weighted by atomic mass is 10.0. The monoisotopic (exact) mass is 350 g/mol. The molecule has 8 nitrogen and oxygen atoms in total. The lowest BCUT2D eigenvalue weighted by Gasteiger charge is -2.35. The Hall–Kier alpha value is -2.61. The van der Waals surface area contributed by atoms with E-state index in [9.17, 15) is 19.5 Å². The summed E-state index contributed by atoms with van der Waals surface area (Å²) in [5.41, 5.74) is 0.861. The van der Waals surface area contributed by atoms with Crippen molar-refractivity contribution in [1.82, 2.24) is 10.2 Å². The molecule has 2 amide bonds. The molecule has 0 aliphatic carbocycles. The van der Waals surface area contributed by atoms with E-state index >= 15 is 0 Å². The summed E-state index contributed by atoms with van der Waals surface area (Å²) in [6.07, 6.45) is -1.11. The first kappa shape index (κ1) is 18.7. The summed E-state index contributed by atoms with van der Waals surface area (Å²) >= 11 is 0. The molecular formula is C17H22N2O6. The van der Waals surface area contributed by atoms with Crippen LogP contribution in [0.4, 0.5) is 4.79 Å². The van der Waals surface area contributed by atoms with Crippen molar-refractivity contribution < 1.29 is 29.0 Å². The molecule has 2 rings (SSSR count). The number of nitrogens with one attached hydrogen (secondary N) is 1. The lowest BCUT2D eigenvalue weighted by molar-refractivity contribution is -0.155. The van der Waals surface area contributed by atoms with Crippen molar-refractivity contribution in [2.24, 2.45) is 0 Å². The van der Waals surface area contributed by atoms with Crippen molar-refractivity contribution >= 4 is 18.0 Å². The van der Waals surface area contributed by atoms with E-state index < -0.39 is 30.1 Å². The van der Waals surface area contributed by atoms with Crippen LogP contribution in [0.2, 0.25) is 0 Å². The number of benzene rings is 1. The van der Waals surface area contributed by atoms with Gasteiger partial charge in [-0.05, 0) is 18.9 Å². The predicted molar refractivity (Wildman–Crippen MR) is 87.4 cm³/mol. The molecule has 1 aliphatic heterocycles. The molecule has 0 spiro atoms. The zero-order valence-electron chi connectivity index (χ0n) is 14.0. The van der Waals surface area contributed by atoms with Crippen LogP contribution < -0.4 is 5.32 Å². The highest BCUT2D eigenvalue weighted by Gasteiger charge is 2.33. The molecule has 2 N–H and O–H groups in total. The minimum Gasteiger partial charge on any atom is -0.459 e. The number of amides is 2. The van der Waals surface area contributed by atoms with Gasteiger partial charge in [-0.15, -0.1) is 0 Å². The number of aliphatic hydroxyl groups excluding tert-OH is 1. The van der Waals surface area contributed by atoms with Crippen LogP contribution in [0.15, 0.2) is 30.3 Å². The molecule has 1 saturated heterocycles. The number of nitrogens with zero attached hydrogens (tertiary/aromatic N) is 1. The van der Waals surface area contributed by atoms with Crippen molar-refractivity contribution in [3.8, 4) is 0 Å². The van der Waals surface area contributed by atoms with Crippen LogP contribution in [-0.4, -0.2) is 59.8 Å². The molecule has 0 radical (unpaired) electrons. The maximum atomic E-state index is 12.2. The third-order valence-electron chi connectivity index (χ3n) is 3.82. The molecule has 0 aromatic heterocycles. The number of hydrogen-bond donors (Lipinski definition) is 2. The van der Waals surface area contributed by atoms with Crippen molar-refractivity contribution in [2.75, 3.05) is 19.7 Å². The molecule has 2 unspecified atom stereocenters. The van der Waals surface area contributed by atoms with Gasteiger partial charge in [0.05, 0.1) is 18.8 Å². The fraction of sp³-hybridized carbons (Fsp3) is 0.471. The number of carbonyl (C=O) groups is 3. The van der Waals surface area contributed by atoms with Crippen molar-refractivity contribution in [3.63, 3.8) is 0 Å². The van der Waals surface area contributed by atoms with Crippen LogP contribution in [0.1, 0.15) is 18.9 Å². The Bertz CT molecular complexity index is 606. The quantitative estimate of drug-likeness (QED) is 0.603. The number of likely N-dealkylation sites (tertiary alicyclic amines) is 1. The first-order chi connectivity index (χ1) is 12.0. The van der Waals surface area contributed by atoms with Gasteiger partial charge in [0.15, 0.2) is 0 Å². The maximum absolute atomic E-state index is 12.2. The summed E-state index contributed by atoms with van der Waals surface area (Å²) in [6.45, 7) is 2.17. The van der Waals surface area contributed by atoms with Gasteiger partial charge in [-0.25, -0.2) is 9.59 Å². The van der Waals surface area contributed by atoms with Gasteiger partial charge in [0, 0.05) is 13.1 Å². The van der Waals surface area contributed by atoms with Crippen molar-refractivity contribution in [1.29, 1.82) is 0 Å². The van der Waals surface area contributed by atoms with Gasteiger partial charge in [0.1, 0.15) is 6.61 Å². The highest BCUT2D eigenvalue weighted by molar-refractivity contribution is 6.32. The van der Waals surface area contributed by atoms with Crippen LogP contribution >= 0.6 is 0 Å². The van der Waals surface area contributed by atoms with Gasteiger partial charge in [-0.2, -0.15) is 0 Å². The topological polar surface area (TPSA) is 105 Å². The lowest BCUT2D eigenvalue weighted by Crippen LogP contribution is -2.57. The van der Waals surface area contributed by atoms with E-state index in [1.807, 2.05) is 30.3 Å². The molecule has 1 heterocycles. The van der Waals surface area contributed by atoms with Crippen molar-refractivity contribution in [2.45, 2.75) is 32.1 Å². The van der Waals surface area contributed by atoms with Crippen LogP contribution in [0, 0.1) is 0 Å². The second-order valence-electron chi connectivity index (χ2n) is 5.64. The zero-order chi connectivity index (χ0) is 18.2. The van der Waals surface area contributed by atoms with E-state index in [4.69, 9.17) is 4.74 Å². The standard InChI is InChI=1S/C17H22N2O6/c1-2-24-16(22)15(21)18-13-10-19(9-8-14(13)20)17(23)25-11-12-6-4-3-5-7-12/h3-7,13-14,20H,2,8-11H2,1H3,(H,18,21). The van der Waals surface area contributed by atoms with E-state index in [2.05, 4.69) is 10.1 Å². The Morgan fingerprint density at radius 2 is 1.96 bits per heavy atom. The van der Waals surface area contributed by atoms with Crippen molar-refractivity contribution in [3.05, 3.63) is 35.9 Å². The van der Waals surface area contributed by atoms with E-state index in [1.165, 1.54) is 4.90 Å². The second kappa shape index (κ2) is 9.03. The maximum Gasteiger partial charge on any atom is 0.410 e. The number of carbonyl (C=O) groups excluding carboxylic acids is 3. The average Bonchev–Trinajstić information content (AvgIpc) is 2.62. The zero-order valence-corrected chi connectivity index (χ0v) is 14.0. The molecular weight excluding hydrogens is 328 g/mol. The minimum absolute atomic E-state index is 0.0555. The summed E-state index contributed by atoms with van der Waals surface area (Å²) in [4.78, 5) is 36.6. The van der Waals surface area contributed by atoms with Crippen LogP contribution in [0.25, 0.3) is 0 Å². The number of rotatable bonds is 4. The molecule has 136 valence electrons. The Morgan fingerprint density at radius 3 is 2.64 bits per heavy atom. The van der Waals surface area contributed by atoms with Crippen LogP contribution in [0.3, 0.4) is 0 Å². The molecule has 1 aromatic rings. The second-order valence-corrected chi connectivity index (χ2v) is 5.64. The molecule has 0 saturated carbocycles. The summed E-state index contributed by atoms with van der Waals surface area (Å²) in [6, 6.07) is 8.50. The van der Waals surface area contributed by atoms with E-state index in [0.29, 0.717) is 6.54 Å². The van der Waals surface area contributed by atoms with Crippen LogP contribution in [0.5, 0.6) is 0 Å². The Morgan fingerprint density at radius 1 is 1.24 bits per heavy atom. The third-order valence-corrected chi connectivity index (χ3v) is 3.82. The van der Waals surface area contributed by atoms with Gasteiger partial charge in [-0.1, -0.05) is 30.3 Å². The first-order valence-electron chi connectivity index (χ1n) is 8.12. The van der Waals surface area contributed by atoms with E-state index in [0.717, 1.165) is 5.56 Å².